The molecule has 1 amide bonds. The molecule has 0 rings (SSSR count). The van der Waals surface area contributed by atoms with Crippen LogP contribution in [0, 0.1) is 5.92 Å². The fraction of sp³-hybridized carbons (Fsp3) is 0.667. The van der Waals surface area contributed by atoms with E-state index in [0.717, 1.165) is 0 Å². The molecule has 9 nitrogen and oxygen atoms in total. The molecule has 0 aliphatic carbocycles. The van der Waals surface area contributed by atoms with Gasteiger partial charge in [-0.05, 0) is 6.42 Å². The standard InChI is InChI=1S/C6H13NO8P2/c1-2-5(3-8)6(9)7-4-16(10,11)15-17(12,13)14/h3,5H,2,4H2,1H3,(H,7,9)(H,10,11)(H2,12,13,14). The molecule has 100 valence electrons. The van der Waals surface area contributed by atoms with Crippen LogP contribution in [0.25, 0.3) is 0 Å². The number of rotatable bonds is 7. The van der Waals surface area contributed by atoms with Crippen LogP contribution in [-0.2, 0) is 23.0 Å². The smallest absolute Gasteiger partial charge is 0.344 e. The first-order chi connectivity index (χ1) is 7.61. The molecule has 2 atom stereocenters. The Bertz CT molecular complexity index is 376. The van der Waals surface area contributed by atoms with Gasteiger partial charge in [-0.2, -0.15) is 0 Å². The van der Waals surface area contributed by atoms with Crippen LogP contribution in [0.2, 0.25) is 0 Å². The van der Waals surface area contributed by atoms with E-state index in [1.165, 1.54) is 0 Å². The van der Waals surface area contributed by atoms with Crippen LogP contribution in [0.1, 0.15) is 13.3 Å². The molecule has 0 fully saturated rings. The second-order valence-corrected chi connectivity index (χ2v) is 6.29. The molecule has 0 radical (unpaired) electrons. The lowest BCUT2D eigenvalue weighted by Crippen LogP contribution is -2.32. The van der Waals surface area contributed by atoms with Crippen LogP contribution in [-0.4, -0.2) is 33.2 Å². The van der Waals surface area contributed by atoms with Gasteiger partial charge in [0.15, 0.2) is 0 Å². The first kappa shape index (κ1) is 16.4. The van der Waals surface area contributed by atoms with Crippen molar-refractivity contribution in [3.8, 4) is 0 Å². The van der Waals surface area contributed by atoms with Gasteiger partial charge >= 0.3 is 15.4 Å². The summed E-state index contributed by atoms with van der Waals surface area (Å²) in [6.07, 6.45) is -0.423. The highest BCUT2D eigenvalue weighted by atomic mass is 31.3. The number of hydrogen-bond donors (Lipinski definition) is 4. The van der Waals surface area contributed by atoms with E-state index >= 15 is 0 Å². The zero-order chi connectivity index (χ0) is 13.7. The summed E-state index contributed by atoms with van der Waals surface area (Å²) in [5, 5.41) is 1.90. The maximum atomic E-state index is 11.2. The third kappa shape index (κ3) is 7.38. The van der Waals surface area contributed by atoms with Gasteiger partial charge in [0.05, 0.1) is 5.92 Å². The number of carbonyl (C=O) groups is 2. The average molecular weight is 289 g/mol. The fourth-order valence-electron chi connectivity index (χ4n) is 0.847. The topological polar surface area (TPSA) is 150 Å². The van der Waals surface area contributed by atoms with Gasteiger partial charge in [-0.15, -0.1) is 0 Å². The molecule has 0 heterocycles. The Hall–Kier alpha value is -0.560. The average Bonchev–Trinajstić information content (AvgIpc) is 2.13. The van der Waals surface area contributed by atoms with E-state index < -0.39 is 33.5 Å². The summed E-state index contributed by atoms with van der Waals surface area (Å²) < 4.78 is 25.0. The SMILES string of the molecule is CCC(C=O)C(=O)NCP(=O)(O)OP(=O)(O)O. The Morgan fingerprint density at radius 2 is 1.94 bits per heavy atom. The van der Waals surface area contributed by atoms with Gasteiger partial charge in [0.2, 0.25) is 5.91 Å². The van der Waals surface area contributed by atoms with Crippen LogP contribution in [0.5, 0.6) is 0 Å². The normalized spacial score (nSPS) is 16.9. The third-order valence-electron chi connectivity index (χ3n) is 1.63. The van der Waals surface area contributed by atoms with Gasteiger partial charge < -0.3 is 24.8 Å². The Morgan fingerprint density at radius 1 is 1.41 bits per heavy atom. The highest BCUT2D eigenvalue weighted by Gasteiger charge is 2.31. The van der Waals surface area contributed by atoms with Gasteiger partial charge in [0.25, 0.3) is 0 Å². The summed E-state index contributed by atoms with van der Waals surface area (Å²) in [6, 6.07) is 0. The molecule has 2 unspecified atom stereocenters. The van der Waals surface area contributed by atoms with Crippen molar-refractivity contribution in [1.29, 1.82) is 0 Å². The largest absolute Gasteiger partial charge is 0.476 e. The zero-order valence-corrected chi connectivity index (χ0v) is 10.6. The Morgan fingerprint density at radius 3 is 2.29 bits per heavy atom. The van der Waals surface area contributed by atoms with Crippen LogP contribution < -0.4 is 5.32 Å². The highest BCUT2D eigenvalue weighted by Crippen LogP contribution is 2.56. The first-order valence-corrected chi connectivity index (χ1v) is 7.72. The third-order valence-corrected chi connectivity index (χ3v) is 4.06. The van der Waals surface area contributed by atoms with Crippen LogP contribution in [0.15, 0.2) is 0 Å². The molecule has 0 aromatic heterocycles. The second-order valence-electron chi connectivity index (χ2n) is 3.06. The predicted molar refractivity (Wildman–Crippen MR) is 55.8 cm³/mol. The number of carbonyl (C=O) groups excluding carboxylic acids is 2. The van der Waals surface area contributed by atoms with Crippen molar-refractivity contribution < 1.29 is 37.7 Å². The van der Waals surface area contributed by atoms with Gasteiger partial charge in [0, 0.05) is 0 Å². The number of amides is 1. The van der Waals surface area contributed by atoms with Crippen LogP contribution in [0.4, 0.5) is 0 Å². The summed E-state index contributed by atoms with van der Waals surface area (Å²) in [5.74, 6) is -1.80. The van der Waals surface area contributed by atoms with Crippen molar-refractivity contribution in [1.82, 2.24) is 5.32 Å². The molecular weight excluding hydrogens is 276 g/mol. The quantitative estimate of drug-likeness (QED) is 0.280. The van der Waals surface area contributed by atoms with Gasteiger partial charge in [0.1, 0.15) is 12.6 Å². The Balaban J connectivity index is 4.37. The number of aldehydes is 1. The molecular formula is C6H13NO8P2. The monoisotopic (exact) mass is 289 g/mol. The molecule has 0 saturated carbocycles. The number of nitrogens with one attached hydrogen (secondary N) is 1. The minimum absolute atomic E-state index is 0.199. The van der Waals surface area contributed by atoms with Crippen molar-refractivity contribution in [2.75, 3.05) is 6.29 Å². The van der Waals surface area contributed by atoms with Crippen molar-refractivity contribution in [3.63, 3.8) is 0 Å². The summed E-state index contributed by atoms with van der Waals surface area (Å²) in [6.45, 7) is 1.56. The van der Waals surface area contributed by atoms with E-state index in [4.69, 9.17) is 14.7 Å². The van der Waals surface area contributed by atoms with Crippen LogP contribution in [0.3, 0.4) is 0 Å². The summed E-state index contributed by atoms with van der Waals surface area (Å²) in [7, 11) is -9.76. The van der Waals surface area contributed by atoms with Crippen LogP contribution >= 0.6 is 15.4 Å². The van der Waals surface area contributed by atoms with Crippen molar-refractivity contribution in [3.05, 3.63) is 0 Å². The van der Waals surface area contributed by atoms with E-state index in [-0.39, 0.29) is 6.42 Å². The zero-order valence-electron chi connectivity index (χ0n) is 8.85. The van der Waals surface area contributed by atoms with Crippen molar-refractivity contribution >= 4 is 27.6 Å². The molecule has 0 aromatic carbocycles. The lowest BCUT2D eigenvalue weighted by atomic mass is 10.1. The minimum atomic E-state index is -5.12. The van der Waals surface area contributed by atoms with Crippen molar-refractivity contribution in [2.24, 2.45) is 5.92 Å². The lowest BCUT2D eigenvalue weighted by molar-refractivity contribution is -0.128. The minimum Gasteiger partial charge on any atom is -0.344 e. The van der Waals surface area contributed by atoms with E-state index in [9.17, 15) is 18.7 Å². The molecule has 11 heteroatoms. The number of phosphoric acid groups is 1. The van der Waals surface area contributed by atoms with Gasteiger partial charge in [-0.1, -0.05) is 6.92 Å². The van der Waals surface area contributed by atoms with E-state index in [1.807, 2.05) is 5.32 Å². The fourth-order valence-corrected chi connectivity index (χ4v) is 2.76. The summed E-state index contributed by atoms with van der Waals surface area (Å²) in [4.78, 5) is 47.2. The molecule has 0 bridgehead atoms. The Kier molecular flexibility index (Phi) is 6.18. The van der Waals surface area contributed by atoms with E-state index in [1.54, 1.807) is 6.92 Å². The predicted octanol–water partition coefficient (Wildman–Crippen LogP) is -0.420. The molecule has 0 aliphatic rings. The first-order valence-electron chi connectivity index (χ1n) is 4.43. The van der Waals surface area contributed by atoms with E-state index in [2.05, 4.69) is 4.31 Å². The maximum absolute atomic E-state index is 11.2. The molecule has 0 aromatic rings. The summed E-state index contributed by atoms with van der Waals surface area (Å²) in [5.41, 5.74) is 0. The van der Waals surface area contributed by atoms with Crippen molar-refractivity contribution in [2.45, 2.75) is 13.3 Å². The maximum Gasteiger partial charge on any atom is 0.476 e. The summed E-state index contributed by atoms with van der Waals surface area (Å²) >= 11 is 0. The molecule has 0 spiro atoms. The number of hydrogen-bond acceptors (Lipinski definition) is 5. The second kappa shape index (κ2) is 6.39. The molecule has 0 aliphatic heterocycles. The molecule has 17 heavy (non-hydrogen) atoms. The highest BCUT2D eigenvalue weighted by molar-refractivity contribution is 7.63. The van der Waals surface area contributed by atoms with Gasteiger partial charge in [-0.3, -0.25) is 9.36 Å². The Labute approximate surface area is 96.9 Å². The van der Waals surface area contributed by atoms with Gasteiger partial charge in [-0.25, -0.2) is 8.88 Å². The molecule has 0 saturated heterocycles. The van der Waals surface area contributed by atoms with E-state index in [0.29, 0.717) is 6.29 Å². The lowest BCUT2D eigenvalue weighted by Gasteiger charge is -2.14. The molecule has 4 N–H and O–H groups in total.